The number of hydrogen-bond donors (Lipinski definition) is 2. The van der Waals surface area contributed by atoms with Crippen molar-refractivity contribution < 1.29 is 23.2 Å². The number of nitrogens with one attached hydrogen (secondary N) is 1. The van der Waals surface area contributed by atoms with Crippen molar-refractivity contribution in [2.75, 3.05) is 13.6 Å². The van der Waals surface area contributed by atoms with Crippen LogP contribution in [0, 0.1) is 0 Å². The summed E-state index contributed by atoms with van der Waals surface area (Å²) < 4.78 is 33.1. The van der Waals surface area contributed by atoms with Crippen LogP contribution in [-0.2, 0) is 21.4 Å². The second-order valence-corrected chi connectivity index (χ2v) is 9.21. The minimum absolute atomic E-state index is 0.0169. The lowest BCUT2D eigenvalue weighted by molar-refractivity contribution is -0.129. The normalized spacial score (nSPS) is 11.4. The van der Waals surface area contributed by atoms with E-state index in [2.05, 4.69) is 31.9 Å². The molecular weight excluding hydrogens is 492 g/mol. The molecular formula is C16H16Br2N2O5S. The second-order valence-electron chi connectivity index (χ2n) is 5.33. The Labute approximate surface area is 168 Å². The number of amides is 1. The maximum atomic E-state index is 12.4. The summed E-state index contributed by atoms with van der Waals surface area (Å²) in [4.78, 5) is 11.1. The fourth-order valence-electron chi connectivity index (χ4n) is 2.07. The summed E-state index contributed by atoms with van der Waals surface area (Å²) in [5, 5.41) is 8.50. The molecule has 0 saturated carbocycles. The third-order valence-corrected chi connectivity index (χ3v) is 6.08. The molecule has 1 amide bonds. The van der Waals surface area contributed by atoms with Crippen LogP contribution in [-0.4, -0.2) is 37.4 Å². The van der Waals surface area contributed by atoms with Crippen LogP contribution < -0.4 is 10.2 Å². The van der Waals surface area contributed by atoms with E-state index < -0.39 is 22.5 Å². The molecule has 26 heavy (non-hydrogen) atoms. The van der Waals surface area contributed by atoms with Gasteiger partial charge in [-0.15, -0.1) is 0 Å². The van der Waals surface area contributed by atoms with Crippen LogP contribution in [0.1, 0.15) is 5.56 Å². The number of sulfonamides is 1. The molecule has 0 aromatic heterocycles. The van der Waals surface area contributed by atoms with Crippen LogP contribution in [0.2, 0.25) is 0 Å². The van der Waals surface area contributed by atoms with Crippen LogP contribution >= 0.6 is 31.9 Å². The van der Waals surface area contributed by atoms with Crippen LogP contribution in [0.4, 0.5) is 0 Å². The minimum Gasteiger partial charge on any atom is -0.489 e. The fraction of sp³-hybridized carbons (Fsp3) is 0.188. The number of halogens is 2. The van der Waals surface area contributed by atoms with Crippen molar-refractivity contribution in [1.82, 2.24) is 9.79 Å². The van der Waals surface area contributed by atoms with Gasteiger partial charge < -0.3 is 4.74 Å². The van der Waals surface area contributed by atoms with Gasteiger partial charge in [0.2, 0.25) is 10.0 Å². The zero-order chi connectivity index (χ0) is 19.3. The number of hydroxylamine groups is 1. The Morgan fingerprint density at radius 2 is 1.73 bits per heavy atom. The average molecular weight is 508 g/mol. The zero-order valence-corrected chi connectivity index (χ0v) is 17.6. The van der Waals surface area contributed by atoms with Crippen molar-refractivity contribution in [2.24, 2.45) is 0 Å². The van der Waals surface area contributed by atoms with E-state index in [1.165, 1.54) is 24.7 Å². The van der Waals surface area contributed by atoms with Crippen molar-refractivity contribution in [1.29, 1.82) is 0 Å². The molecule has 140 valence electrons. The molecule has 0 atom stereocenters. The van der Waals surface area contributed by atoms with Crippen LogP contribution in [0.3, 0.4) is 0 Å². The maximum Gasteiger partial charge on any atom is 0.258 e. The van der Waals surface area contributed by atoms with E-state index in [9.17, 15) is 13.2 Å². The van der Waals surface area contributed by atoms with Gasteiger partial charge in [-0.05, 0) is 48.0 Å². The first-order valence-corrected chi connectivity index (χ1v) is 10.3. The van der Waals surface area contributed by atoms with Gasteiger partial charge >= 0.3 is 0 Å². The van der Waals surface area contributed by atoms with E-state index in [0.717, 1.165) is 18.8 Å². The highest BCUT2D eigenvalue weighted by atomic mass is 79.9. The molecule has 0 unspecified atom stereocenters. The van der Waals surface area contributed by atoms with Crippen LogP contribution in [0.15, 0.2) is 56.3 Å². The number of ether oxygens (including phenoxy) is 1. The topological polar surface area (TPSA) is 95.9 Å². The number of rotatable bonds is 7. The number of carbonyl (C=O) groups excluding carboxylic acids is 1. The molecule has 10 heteroatoms. The van der Waals surface area contributed by atoms with E-state index in [0.29, 0.717) is 12.4 Å². The summed E-state index contributed by atoms with van der Waals surface area (Å²) in [6.07, 6.45) is 0. The molecule has 0 bridgehead atoms. The van der Waals surface area contributed by atoms with Gasteiger partial charge in [0.1, 0.15) is 12.4 Å². The molecule has 0 radical (unpaired) electrons. The summed E-state index contributed by atoms with van der Waals surface area (Å²) in [5.74, 6) is -0.313. The van der Waals surface area contributed by atoms with Gasteiger partial charge in [-0.2, -0.15) is 4.31 Å². The third kappa shape index (κ3) is 5.52. The highest BCUT2D eigenvalue weighted by Gasteiger charge is 2.22. The number of hydrogen-bond acceptors (Lipinski definition) is 5. The van der Waals surface area contributed by atoms with E-state index in [1.54, 1.807) is 12.1 Å². The first-order chi connectivity index (χ1) is 12.2. The third-order valence-electron chi connectivity index (χ3n) is 3.35. The van der Waals surface area contributed by atoms with Gasteiger partial charge in [0.05, 0.1) is 11.4 Å². The van der Waals surface area contributed by atoms with Crippen molar-refractivity contribution in [2.45, 2.75) is 11.5 Å². The first kappa shape index (κ1) is 20.8. The van der Waals surface area contributed by atoms with E-state index >= 15 is 0 Å². The van der Waals surface area contributed by atoms with Crippen molar-refractivity contribution in [3.05, 3.63) is 57.0 Å². The Morgan fingerprint density at radius 1 is 1.15 bits per heavy atom. The number of benzene rings is 2. The van der Waals surface area contributed by atoms with Crippen molar-refractivity contribution in [3.63, 3.8) is 0 Å². The van der Waals surface area contributed by atoms with E-state index in [4.69, 9.17) is 9.94 Å². The monoisotopic (exact) mass is 506 g/mol. The Balaban J connectivity index is 2.06. The largest absolute Gasteiger partial charge is 0.489 e. The van der Waals surface area contributed by atoms with E-state index in [-0.39, 0.29) is 4.90 Å². The predicted octanol–water partition coefficient (Wildman–Crippen LogP) is 2.92. The lowest BCUT2D eigenvalue weighted by Crippen LogP contribution is -2.37. The van der Waals surface area contributed by atoms with Gasteiger partial charge in [-0.1, -0.05) is 31.9 Å². The molecule has 0 aliphatic heterocycles. The summed E-state index contributed by atoms with van der Waals surface area (Å²) in [7, 11) is -2.60. The number of likely N-dealkylation sites (N-methyl/N-ethyl adjacent to an activating group) is 1. The SMILES string of the molecule is CN(CC(=O)NO)S(=O)(=O)c1ccc(OCc2cc(Br)cc(Br)c2)cc1. The predicted molar refractivity (Wildman–Crippen MR) is 102 cm³/mol. The molecule has 0 spiro atoms. The van der Waals surface area contributed by atoms with Gasteiger partial charge in [0, 0.05) is 16.0 Å². The van der Waals surface area contributed by atoms with Crippen LogP contribution in [0.5, 0.6) is 5.75 Å². The molecule has 7 nitrogen and oxygen atoms in total. The molecule has 0 heterocycles. The molecule has 0 saturated heterocycles. The Morgan fingerprint density at radius 3 is 2.27 bits per heavy atom. The lowest BCUT2D eigenvalue weighted by atomic mass is 10.2. The summed E-state index contributed by atoms with van der Waals surface area (Å²) >= 11 is 6.81. The second kappa shape index (κ2) is 8.96. The Kier molecular flexibility index (Phi) is 7.18. The zero-order valence-electron chi connectivity index (χ0n) is 13.6. The summed E-state index contributed by atoms with van der Waals surface area (Å²) in [5.41, 5.74) is 2.34. The minimum atomic E-state index is -3.85. The first-order valence-electron chi connectivity index (χ1n) is 7.29. The van der Waals surface area contributed by atoms with E-state index in [1.807, 2.05) is 18.2 Å². The molecule has 0 fully saturated rings. The van der Waals surface area contributed by atoms with Crippen LogP contribution in [0.25, 0.3) is 0 Å². The molecule has 2 aromatic rings. The highest BCUT2D eigenvalue weighted by Crippen LogP contribution is 2.23. The van der Waals surface area contributed by atoms with Crippen molar-refractivity contribution >= 4 is 47.8 Å². The molecule has 2 N–H and O–H groups in total. The maximum absolute atomic E-state index is 12.4. The standard InChI is InChI=1S/C16H16Br2N2O5S/c1-20(9-16(21)19-22)26(23,24)15-4-2-14(3-5-15)25-10-11-6-12(17)8-13(18)7-11/h2-8,22H,9-10H2,1H3,(H,19,21). The molecule has 2 rings (SSSR count). The highest BCUT2D eigenvalue weighted by molar-refractivity contribution is 9.11. The molecule has 0 aliphatic carbocycles. The summed E-state index contributed by atoms with van der Waals surface area (Å²) in [6, 6.07) is 11.6. The number of nitrogens with zero attached hydrogens (tertiary/aromatic N) is 1. The van der Waals surface area contributed by atoms with Gasteiger partial charge in [-0.25, -0.2) is 13.9 Å². The number of carbonyl (C=O) groups is 1. The van der Waals surface area contributed by atoms with Gasteiger partial charge in [-0.3, -0.25) is 10.0 Å². The smallest absolute Gasteiger partial charge is 0.258 e. The Bertz CT molecular complexity index is 868. The van der Waals surface area contributed by atoms with Gasteiger partial charge in [0.25, 0.3) is 5.91 Å². The summed E-state index contributed by atoms with van der Waals surface area (Å²) in [6.45, 7) is -0.171. The molecule has 0 aliphatic rings. The fourth-order valence-corrected chi connectivity index (χ4v) is 4.59. The quantitative estimate of drug-likeness (QED) is 0.443. The average Bonchev–Trinajstić information content (AvgIpc) is 2.59. The lowest BCUT2D eigenvalue weighted by Gasteiger charge is -2.16. The van der Waals surface area contributed by atoms with Crippen molar-refractivity contribution in [3.8, 4) is 5.75 Å². The molecule has 2 aromatic carbocycles. The van der Waals surface area contributed by atoms with Gasteiger partial charge in [0.15, 0.2) is 0 Å². The Hall–Kier alpha value is -1.46.